The van der Waals surface area contributed by atoms with Crippen LogP contribution in [0.25, 0.3) is 4.96 Å². The van der Waals surface area contributed by atoms with Crippen LogP contribution in [0.15, 0.2) is 22.8 Å². The summed E-state index contributed by atoms with van der Waals surface area (Å²) in [5, 5.41) is 4.95. The fourth-order valence-corrected chi connectivity index (χ4v) is 2.07. The largest absolute Gasteiger partial charge is 0.383 e. The molecule has 0 saturated carbocycles. The number of aromatic nitrogens is 2. The van der Waals surface area contributed by atoms with Crippen molar-refractivity contribution in [1.29, 1.82) is 0 Å². The van der Waals surface area contributed by atoms with Crippen LogP contribution >= 0.6 is 35.3 Å². The SMILES string of the molecule is COCCNC(N)=NCc1cn2ccsc2n1.I. The average molecular weight is 381 g/mol. The van der Waals surface area contributed by atoms with Gasteiger partial charge in [-0.3, -0.25) is 4.40 Å². The van der Waals surface area contributed by atoms with Crippen molar-refractivity contribution in [2.75, 3.05) is 20.3 Å². The van der Waals surface area contributed by atoms with Gasteiger partial charge in [-0.15, -0.1) is 35.3 Å². The summed E-state index contributed by atoms with van der Waals surface area (Å²) in [6.07, 6.45) is 3.93. The number of thiazole rings is 1. The van der Waals surface area contributed by atoms with Crippen molar-refractivity contribution in [2.24, 2.45) is 10.7 Å². The molecule has 0 aliphatic rings. The molecule has 6 nitrogen and oxygen atoms in total. The molecule has 0 aliphatic heterocycles. The molecule has 2 aromatic heterocycles. The summed E-state index contributed by atoms with van der Waals surface area (Å²) in [6.45, 7) is 1.75. The molecule has 0 spiro atoms. The number of guanidine groups is 1. The number of rotatable bonds is 5. The maximum absolute atomic E-state index is 5.68. The molecule has 0 atom stereocenters. The molecule has 3 N–H and O–H groups in total. The standard InChI is InChI=1S/C10H15N5OS.HI/c1-16-4-2-12-9(11)13-6-8-7-15-3-5-17-10(15)14-8;/h3,5,7H,2,4,6H2,1H3,(H3,11,12,13);1H. The monoisotopic (exact) mass is 381 g/mol. The molecule has 0 bridgehead atoms. The van der Waals surface area contributed by atoms with Crippen LogP contribution in [0, 0.1) is 0 Å². The van der Waals surface area contributed by atoms with Crippen molar-refractivity contribution in [3.05, 3.63) is 23.5 Å². The Labute approximate surface area is 126 Å². The topological polar surface area (TPSA) is 76.9 Å². The number of methoxy groups -OCH3 is 1. The maximum Gasteiger partial charge on any atom is 0.193 e. The second-order valence-corrected chi connectivity index (χ2v) is 4.32. The van der Waals surface area contributed by atoms with Gasteiger partial charge >= 0.3 is 0 Å². The summed E-state index contributed by atoms with van der Waals surface area (Å²) >= 11 is 1.60. The van der Waals surface area contributed by atoms with Crippen LogP contribution in [0.1, 0.15) is 5.69 Å². The van der Waals surface area contributed by atoms with Gasteiger partial charge in [0.25, 0.3) is 0 Å². The van der Waals surface area contributed by atoms with Crippen molar-refractivity contribution >= 4 is 46.2 Å². The van der Waals surface area contributed by atoms with E-state index in [1.807, 2.05) is 22.2 Å². The summed E-state index contributed by atoms with van der Waals surface area (Å²) in [7, 11) is 1.65. The Morgan fingerprint density at radius 1 is 1.67 bits per heavy atom. The minimum absolute atomic E-state index is 0. The first kappa shape index (κ1) is 15.2. The van der Waals surface area contributed by atoms with Gasteiger partial charge in [-0.25, -0.2) is 9.98 Å². The van der Waals surface area contributed by atoms with Gasteiger partial charge in [-0.1, -0.05) is 0 Å². The van der Waals surface area contributed by atoms with Crippen LogP contribution in [-0.4, -0.2) is 35.6 Å². The lowest BCUT2D eigenvalue weighted by Gasteiger charge is -2.03. The van der Waals surface area contributed by atoms with Crippen molar-refractivity contribution in [3.8, 4) is 0 Å². The molecule has 2 aromatic rings. The zero-order chi connectivity index (χ0) is 12.1. The maximum atomic E-state index is 5.68. The van der Waals surface area contributed by atoms with E-state index in [0.29, 0.717) is 25.7 Å². The van der Waals surface area contributed by atoms with Gasteiger partial charge in [-0.05, 0) is 0 Å². The highest BCUT2D eigenvalue weighted by Crippen LogP contribution is 2.11. The molecular weight excluding hydrogens is 365 g/mol. The summed E-state index contributed by atoms with van der Waals surface area (Å²) in [5.41, 5.74) is 6.59. The molecular formula is C10H16IN5OS. The third kappa shape index (κ3) is 4.10. The second-order valence-electron chi connectivity index (χ2n) is 3.45. The lowest BCUT2D eigenvalue weighted by atomic mass is 10.5. The smallest absolute Gasteiger partial charge is 0.193 e. The number of nitrogens with two attached hydrogens (primary N) is 1. The lowest BCUT2D eigenvalue weighted by Crippen LogP contribution is -2.34. The fourth-order valence-electron chi connectivity index (χ4n) is 1.36. The third-order valence-corrected chi connectivity index (χ3v) is 2.94. The van der Waals surface area contributed by atoms with E-state index in [1.165, 1.54) is 0 Å². The average Bonchev–Trinajstić information content (AvgIpc) is 2.86. The van der Waals surface area contributed by atoms with E-state index < -0.39 is 0 Å². The molecule has 0 aliphatic carbocycles. The molecule has 0 aromatic carbocycles. The summed E-state index contributed by atoms with van der Waals surface area (Å²) in [4.78, 5) is 9.58. The van der Waals surface area contributed by atoms with Crippen molar-refractivity contribution in [3.63, 3.8) is 0 Å². The first-order valence-corrected chi connectivity index (χ1v) is 6.11. The molecule has 100 valence electrons. The van der Waals surface area contributed by atoms with E-state index in [1.54, 1.807) is 18.4 Å². The lowest BCUT2D eigenvalue weighted by molar-refractivity contribution is 0.204. The van der Waals surface area contributed by atoms with E-state index in [2.05, 4.69) is 15.3 Å². The number of hydrogen-bond acceptors (Lipinski definition) is 4. The van der Waals surface area contributed by atoms with Gasteiger partial charge in [0.1, 0.15) is 0 Å². The zero-order valence-corrected chi connectivity index (χ0v) is 13.1. The van der Waals surface area contributed by atoms with Gasteiger partial charge in [0.2, 0.25) is 0 Å². The number of nitrogens with zero attached hydrogens (tertiary/aromatic N) is 3. The predicted molar refractivity (Wildman–Crippen MR) is 83.7 cm³/mol. The summed E-state index contributed by atoms with van der Waals surface area (Å²) in [6, 6.07) is 0. The molecule has 0 saturated heterocycles. The Morgan fingerprint density at radius 3 is 3.22 bits per heavy atom. The number of halogens is 1. The van der Waals surface area contributed by atoms with Crippen LogP contribution in [0.4, 0.5) is 0 Å². The van der Waals surface area contributed by atoms with E-state index in [0.717, 1.165) is 10.7 Å². The number of imidazole rings is 1. The van der Waals surface area contributed by atoms with Crippen LogP contribution in [0.3, 0.4) is 0 Å². The minimum Gasteiger partial charge on any atom is -0.383 e. The molecule has 0 fully saturated rings. The fraction of sp³-hybridized carbons (Fsp3) is 0.400. The van der Waals surface area contributed by atoms with Gasteiger partial charge in [-0.2, -0.15) is 0 Å². The predicted octanol–water partition coefficient (Wildman–Crippen LogP) is 1.06. The number of ether oxygens (including phenoxy) is 1. The van der Waals surface area contributed by atoms with E-state index in [-0.39, 0.29) is 24.0 Å². The molecule has 0 amide bonds. The molecule has 0 unspecified atom stereocenters. The third-order valence-electron chi connectivity index (χ3n) is 2.17. The highest BCUT2D eigenvalue weighted by atomic mass is 127. The quantitative estimate of drug-likeness (QED) is 0.352. The normalized spacial score (nSPS) is 11.5. The number of fused-ring (bicyclic) bond motifs is 1. The van der Waals surface area contributed by atoms with Crippen LogP contribution in [-0.2, 0) is 11.3 Å². The van der Waals surface area contributed by atoms with E-state index >= 15 is 0 Å². The Balaban J connectivity index is 0.00000162. The van der Waals surface area contributed by atoms with Crippen molar-refractivity contribution < 1.29 is 4.74 Å². The zero-order valence-electron chi connectivity index (χ0n) is 10.00. The molecule has 18 heavy (non-hydrogen) atoms. The molecule has 0 radical (unpaired) electrons. The van der Waals surface area contributed by atoms with E-state index in [4.69, 9.17) is 10.5 Å². The first-order chi connectivity index (χ1) is 8.29. The van der Waals surface area contributed by atoms with Gasteiger partial charge in [0.15, 0.2) is 10.9 Å². The van der Waals surface area contributed by atoms with Crippen LogP contribution in [0.5, 0.6) is 0 Å². The van der Waals surface area contributed by atoms with E-state index in [9.17, 15) is 0 Å². The van der Waals surface area contributed by atoms with Gasteiger partial charge < -0.3 is 15.8 Å². The number of nitrogens with one attached hydrogen (secondary N) is 1. The van der Waals surface area contributed by atoms with Crippen molar-refractivity contribution in [2.45, 2.75) is 6.54 Å². The van der Waals surface area contributed by atoms with Crippen molar-refractivity contribution in [1.82, 2.24) is 14.7 Å². The minimum atomic E-state index is 0. The Kier molecular flexibility index (Phi) is 6.36. The Morgan fingerprint density at radius 2 is 2.50 bits per heavy atom. The highest BCUT2D eigenvalue weighted by Gasteiger charge is 2.01. The Hall–Kier alpha value is -0.870. The summed E-state index contributed by atoms with van der Waals surface area (Å²) < 4.78 is 6.87. The van der Waals surface area contributed by atoms with Crippen LogP contribution < -0.4 is 11.1 Å². The highest BCUT2D eigenvalue weighted by molar-refractivity contribution is 14.0. The molecule has 2 rings (SSSR count). The molecule has 2 heterocycles. The first-order valence-electron chi connectivity index (χ1n) is 5.23. The number of hydrogen-bond donors (Lipinski definition) is 2. The van der Waals surface area contributed by atoms with Crippen LogP contribution in [0.2, 0.25) is 0 Å². The van der Waals surface area contributed by atoms with Gasteiger partial charge in [0, 0.05) is 31.4 Å². The second kappa shape index (κ2) is 7.54. The summed E-state index contributed by atoms with van der Waals surface area (Å²) in [5.74, 6) is 0.415. The molecule has 8 heteroatoms. The Bertz CT molecular complexity index is 481. The van der Waals surface area contributed by atoms with Gasteiger partial charge in [0.05, 0.1) is 18.8 Å². The number of aliphatic imine (C=N–C) groups is 1.